The standard InChI is InChI=1S/C14H26N2O/c1-6-7-16(5)10-13-8-12(4)14(17-13)9-15-11(2)3/h8,11,15H,6-7,9-10H2,1-5H3. The summed E-state index contributed by atoms with van der Waals surface area (Å²) in [5, 5.41) is 3.39. The highest BCUT2D eigenvalue weighted by atomic mass is 16.3. The van der Waals surface area contributed by atoms with Crippen molar-refractivity contribution < 1.29 is 4.42 Å². The van der Waals surface area contributed by atoms with Crippen molar-refractivity contribution in [1.29, 1.82) is 0 Å². The predicted molar refractivity (Wildman–Crippen MR) is 72.0 cm³/mol. The van der Waals surface area contributed by atoms with Gasteiger partial charge in [0.05, 0.1) is 13.1 Å². The van der Waals surface area contributed by atoms with Crippen LogP contribution in [0.15, 0.2) is 10.5 Å². The Kier molecular flexibility index (Phi) is 5.72. The summed E-state index contributed by atoms with van der Waals surface area (Å²) in [7, 11) is 2.13. The molecule has 0 bridgehead atoms. The lowest BCUT2D eigenvalue weighted by Crippen LogP contribution is -2.21. The number of hydrogen-bond acceptors (Lipinski definition) is 3. The second-order valence-electron chi connectivity index (χ2n) is 5.09. The molecule has 0 fully saturated rings. The van der Waals surface area contributed by atoms with E-state index >= 15 is 0 Å². The van der Waals surface area contributed by atoms with Gasteiger partial charge in [-0.25, -0.2) is 0 Å². The third-order valence-corrected chi connectivity index (χ3v) is 2.77. The molecule has 0 aliphatic carbocycles. The summed E-state index contributed by atoms with van der Waals surface area (Å²) in [6, 6.07) is 2.65. The van der Waals surface area contributed by atoms with E-state index in [1.54, 1.807) is 0 Å². The minimum atomic E-state index is 0.491. The van der Waals surface area contributed by atoms with Crippen molar-refractivity contribution in [3.05, 3.63) is 23.2 Å². The van der Waals surface area contributed by atoms with E-state index in [9.17, 15) is 0 Å². The van der Waals surface area contributed by atoms with Crippen LogP contribution >= 0.6 is 0 Å². The average Bonchev–Trinajstić information content (AvgIpc) is 2.56. The van der Waals surface area contributed by atoms with Gasteiger partial charge in [0, 0.05) is 6.04 Å². The molecular formula is C14H26N2O. The zero-order chi connectivity index (χ0) is 12.8. The monoisotopic (exact) mass is 238 g/mol. The molecule has 0 atom stereocenters. The fourth-order valence-corrected chi connectivity index (χ4v) is 1.87. The number of hydrogen-bond donors (Lipinski definition) is 1. The van der Waals surface area contributed by atoms with Crippen LogP contribution in [0.2, 0.25) is 0 Å². The van der Waals surface area contributed by atoms with E-state index in [0.29, 0.717) is 6.04 Å². The molecule has 0 aromatic carbocycles. The molecule has 1 aromatic rings. The van der Waals surface area contributed by atoms with Gasteiger partial charge in [0.2, 0.25) is 0 Å². The van der Waals surface area contributed by atoms with Crippen LogP contribution < -0.4 is 5.32 Å². The molecule has 3 nitrogen and oxygen atoms in total. The SMILES string of the molecule is CCCN(C)Cc1cc(C)c(CNC(C)C)o1. The first-order chi connectivity index (χ1) is 8.02. The van der Waals surface area contributed by atoms with Crippen LogP contribution in [0.25, 0.3) is 0 Å². The highest BCUT2D eigenvalue weighted by Crippen LogP contribution is 2.16. The van der Waals surface area contributed by atoms with Crippen LogP contribution in [-0.4, -0.2) is 24.5 Å². The van der Waals surface area contributed by atoms with Crippen molar-refractivity contribution >= 4 is 0 Å². The summed E-state index contributed by atoms with van der Waals surface area (Å²) in [6.07, 6.45) is 1.18. The maximum Gasteiger partial charge on any atom is 0.120 e. The number of aryl methyl sites for hydroxylation is 1. The fourth-order valence-electron chi connectivity index (χ4n) is 1.87. The van der Waals surface area contributed by atoms with E-state index in [4.69, 9.17) is 4.42 Å². The van der Waals surface area contributed by atoms with Gasteiger partial charge in [-0.3, -0.25) is 4.90 Å². The smallest absolute Gasteiger partial charge is 0.120 e. The largest absolute Gasteiger partial charge is 0.463 e. The highest BCUT2D eigenvalue weighted by Gasteiger charge is 2.09. The summed E-state index contributed by atoms with van der Waals surface area (Å²) in [4.78, 5) is 2.29. The Morgan fingerprint density at radius 1 is 1.41 bits per heavy atom. The third-order valence-electron chi connectivity index (χ3n) is 2.77. The van der Waals surface area contributed by atoms with Crippen LogP contribution in [0, 0.1) is 6.92 Å². The van der Waals surface area contributed by atoms with Gasteiger partial charge in [-0.2, -0.15) is 0 Å². The van der Waals surface area contributed by atoms with Crippen LogP contribution in [0.4, 0.5) is 0 Å². The Bertz CT molecular complexity index is 331. The zero-order valence-electron chi connectivity index (χ0n) is 11.8. The van der Waals surface area contributed by atoms with Gasteiger partial charge in [0.25, 0.3) is 0 Å². The van der Waals surface area contributed by atoms with Crippen LogP contribution in [0.1, 0.15) is 44.3 Å². The molecule has 98 valence electrons. The minimum absolute atomic E-state index is 0.491. The zero-order valence-corrected chi connectivity index (χ0v) is 11.8. The first kappa shape index (κ1) is 14.3. The molecule has 0 spiro atoms. The molecule has 0 amide bonds. The maximum absolute atomic E-state index is 5.88. The highest BCUT2D eigenvalue weighted by molar-refractivity contribution is 5.20. The van der Waals surface area contributed by atoms with Gasteiger partial charge in [-0.05, 0) is 38.6 Å². The first-order valence-electron chi connectivity index (χ1n) is 6.53. The summed E-state index contributed by atoms with van der Waals surface area (Å²) in [6.45, 7) is 11.4. The van der Waals surface area contributed by atoms with E-state index < -0.39 is 0 Å². The third kappa shape index (κ3) is 4.92. The molecule has 0 aliphatic heterocycles. The molecule has 0 saturated heterocycles. The van der Waals surface area contributed by atoms with Gasteiger partial charge in [0.15, 0.2) is 0 Å². The number of nitrogens with one attached hydrogen (secondary N) is 1. The Hall–Kier alpha value is -0.800. The van der Waals surface area contributed by atoms with Crippen molar-refractivity contribution in [2.24, 2.45) is 0 Å². The first-order valence-corrected chi connectivity index (χ1v) is 6.53. The fraction of sp³-hybridized carbons (Fsp3) is 0.714. The van der Waals surface area contributed by atoms with Gasteiger partial charge in [0.1, 0.15) is 11.5 Å². The predicted octanol–water partition coefficient (Wildman–Crippen LogP) is 2.93. The van der Waals surface area contributed by atoms with Gasteiger partial charge in [-0.15, -0.1) is 0 Å². The quantitative estimate of drug-likeness (QED) is 0.791. The number of furan rings is 1. The molecule has 0 unspecified atom stereocenters. The molecule has 1 N–H and O–H groups in total. The molecule has 1 rings (SSSR count). The Balaban J connectivity index is 2.55. The summed E-state index contributed by atoms with van der Waals surface area (Å²) in [5.74, 6) is 2.14. The lowest BCUT2D eigenvalue weighted by molar-refractivity contribution is 0.289. The van der Waals surface area contributed by atoms with E-state index in [-0.39, 0.29) is 0 Å². The summed E-state index contributed by atoms with van der Waals surface area (Å²) < 4.78 is 5.88. The minimum Gasteiger partial charge on any atom is -0.463 e. The Morgan fingerprint density at radius 3 is 2.71 bits per heavy atom. The van der Waals surface area contributed by atoms with Crippen molar-refractivity contribution in [3.8, 4) is 0 Å². The lowest BCUT2D eigenvalue weighted by atomic mass is 10.2. The molecule has 17 heavy (non-hydrogen) atoms. The van der Waals surface area contributed by atoms with Crippen LogP contribution in [0.3, 0.4) is 0 Å². The van der Waals surface area contributed by atoms with Crippen LogP contribution in [0.5, 0.6) is 0 Å². The second-order valence-corrected chi connectivity index (χ2v) is 5.09. The molecule has 1 heterocycles. The molecule has 3 heteroatoms. The molecule has 0 saturated carbocycles. The number of rotatable bonds is 7. The van der Waals surface area contributed by atoms with Gasteiger partial charge >= 0.3 is 0 Å². The maximum atomic E-state index is 5.88. The molecule has 0 radical (unpaired) electrons. The van der Waals surface area contributed by atoms with Crippen molar-refractivity contribution in [1.82, 2.24) is 10.2 Å². The molecule has 0 aliphatic rings. The van der Waals surface area contributed by atoms with E-state index in [1.807, 2.05) is 0 Å². The Morgan fingerprint density at radius 2 is 2.12 bits per heavy atom. The van der Waals surface area contributed by atoms with Crippen LogP contribution in [-0.2, 0) is 13.1 Å². The lowest BCUT2D eigenvalue weighted by Gasteiger charge is -2.13. The average molecular weight is 238 g/mol. The number of nitrogens with zero attached hydrogens (tertiary/aromatic N) is 1. The van der Waals surface area contributed by atoms with Gasteiger partial charge in [-0.1, -0.05) is 20.8 Å². The molecule has 1 aromatic heterocycles. The van der Waals surface area contributed by atoms with E-state index in [1.165, 1.54) is 12.0 Å². The Labute approximate surface area is 105 Å². The second kappa shape index (κ2) is 6.82. The van der Waals surface area contributed by atoms with Crippen molar-refractivity contribution in [2.75, 3.05) is 13.6 Å². The topological polar surface area (TPSA) is 28.4 Å². The molecular weight excluding hydrogens is 212 g/mol. The summed E-state index contributed by atoms with van der Waals surface area (Å²) in [5.41, 5.74) is 1.25. The van der Waals surface area contributed by atoms with E-state index in [0.717, 1.165) is 31.2 Å². The van der Waals surface area contributed by atoms with E-state index in [2.05, 4.69) is 51.0 Å². The van der Waals surface area contributed by atoms with Gasteiger partial charge < -0.3 is 9.73 Å². The van der Waals surface area contributed by atoms with Crippen molar-refractivity contribution in [3.63, 3.8) is 0 Å². The summed E-state index contributed by atoms with van der Waals surface area (Å²) >= 11 is 0. The van der Waals surface area contributed by atoms with Crippen molar-refractivity contribution in [2.45, 2.75) is 53.2 Å². The normalized spacial score (nSPS) is 11.7.